The van der Waals surface area contributed by atoms with Crippen LogP contribution in [0.3, 0.4) is 0 Å². The first-order valence-corrected chi connectivity index (χ1v) is 10.7. The van der Waals surface area contributed by atoms with Gasteiger partial charge in [0.1, 0.15) is 17.7 Å². The minimum Gasteiger partial charge on any atom is -0.462 e. The van der Waals surface area contributed by atoms with Gasteiger partial charge in [0.15, 0.2) is 0 Å². The van der Waals surface area contributed by atoms with Crippen LogP contribution >= 0.6 is 0 Å². The lowest BCUT2D eigenvalue weighted by Gasteiger charge is -2.34. The van der Waals surface area contributed by atoms with E-state index in [1.54, 1.807) is 28.9 Å². The van der Waals surface area contributed by atoms with Gasteiger partial charge in [-0.15, -0.1) is 0 Å². The fourth-order valence-corrected chi connectivity index (χ4v) is 4.13. The van der Waals surface area contributed by atoms with Crippen LogP contribution in [0.2, 0.25) is 0 Å². The van der Waals surface area contributed by atoms with Gasteiger partial charge in [0, 0.05) is 18.7 Å². The van der Waals surface area contributed by atoms with Crippen molar-refractivity contribution in [1.29, 1.82) is 0 Å². The number of amides is 2. The Morgan fingerprint density at radius 1 is 1.10 bits per heavy atom. The molecular weight excluding hydrogens is 384 g/mol. The largest absolute Gasteiger partial charge is 0.462 e. The predicted octanol–water partition coefficient (Wildman–Crippen LogP) is 3.62. The number of rotatable bonds is 4. The molecule has 2 aliphatic rings. The van der Waals surface area contributed by atoms with Crippen LogP contribution in [-0.2, 0) is 14.3 Å². The first kappa shape index (κ1) is 22.1. The molecular formula is C23H32N2O5. The summed E-state index contributed by atoms with van der Waals surface area (Å²) in [4.78, 5) is 41.7. The van der Waals surface area contributed by atoms with Crippen molar-refractivity contribution in [2.45, 2.75) is 70.6 Å². The molecule has 3 rings (SSSR count). The number of benzene rings is 1. The maximum Gasteiger partial charge on any atom is 0.410 e. The van der Waals surface area contributed by atoms with E-state index in [1.807, 2.05) is 39.0 Å². The van der Waals surface area contributed by atoms with E-state index in [0.29, 0.717) is 25.1 Å². The zero-order valence-corrected chi connectivity index (χ0v) is 18.3. The van der Waals surface area contributed by atoms with Crippen LogP contribution in [-0.4, -0.2) is 64.6 Å². The van der Waals surface area contributed by atoms with Gasteiger partial charge < -0.3 is 19.3 Å². The Kier molecular flexibility index (Phi) is 6.38. The minimum absolute atomic E-state index is 0.112. The van der Waals surface area contributed by atoms with Crippen LogP contribution in [0.15, 0.2) is 30.3 Å². The molecule has 164 valence electrons. The third-order valence-electron chi connectivity index (χ3n) is 5.76. The molecule has 30 heavy (non-hydrogen) atoms. The normalized spacial score (nSPS) is 24.1. The molecule has 2 saturated heterocycles. The average molecular weight is 417 g/mol. The summed E-state index contributed by atoms with van der Waals surface area (Å²) in [5.74, 6) is -0.580. The first-order valence-electron chi connectivity index (χ1n) is 10.7. The summed E-state index contributed by atoms with van der Waals surface area (Å²) < 4.78 is 11.1. The Morgan fingerprint density at radius 3 is 2.47 bits per heavy atom. The molecule has 7 heteroatoms. The van der Waals surface area contributed by atoms with E-state index < -0.39 is 17.1 Å². The van der Waals surface area contributed by atoms with Gasteiger partial charge in [-0.1, -0.05) is 18.2 Å². The van der Waals surface area contributed by atoms with E-state index in [-0.39, 0.29) is 24.6 Å². The van der Waals surface area contributed by atoms with Crippen LogP contribution in [0.25, 0.3) is 0 Å². The molecule has 0 spiro atoms. The van der Waals surface area contributed by atoms with Crippen LogP contribution in [0, 0.1) is 0 Å². The number of carbonyl (C=O) groups is 3. The Bertz CT molecular complexity index is 789. The summed E-state index contributed by atoms with van der Waals surface area (Å²) in [6, 6.07) is 8.78. The lowest BCUT2D eigenvalue weighted by atomic mass is 9.98. The number of likely N-dealkylation sites (tertiary alicyclic amines) is 2. The molecule has 7 nitrogen and oxygen atoms in total. The molecule has 0 unspecified atom stereocenters. The summed E-state index contributed by atoms with van der Waals surface area (Å²) >= 11 is 0. The van der Waals surface area contributed by atoms with Gasteiger partial charge in [0.25, 0.3) is 5.91 Å². The van der Waals surface area contributed by atoms with Crippen molar-refractivity contribution in [1.82, 2.24) is 9.80 Å². The van der Waals surface area contributed by atoms with Gasteiger partial charge in [-0.25, -0.2) is 9.59 Å². The fourth-order valence-electron chi connectivity index (χ4n) is 4.13. The van der Waals surface area contributed by atoms with Crippen molar-refractivity contribution in [3.8, 4) is 0 Å². The molecule has 0 saturated carbocycles. The summed E-state index contributed by atoms with van der Waals surface area (Å²) in [5, 5.41) is 0. The lowest BCUT2D eigenvalue weighted by molar-refractivity contribution is -0.155. The van der Waals surface area contributed by atoms with Crippen molar-refractivity contribution in [2.75, 3.05) is 19.7 Å². The van der Waals surface area contributed by atoms with Crippen molar-refractivity contribution in [3.05, 3.63) is 35.9 Å². The van der Waals surface area contributed by atoms with Crippen LogP contribution < -0.4 is 0 Å². The molecule has 2 aliphatic heterocycles. The van der Waals surface area contributed by atoms with Gasteiger partial charge in [0.2, 0.25) is 0 Å². The zero-order chi connectivity index (χ0) is 21.9. The maximum absolute atomic E-state index is 13.0. The van der Waals surface area contributed by atoms with Gasteiger partial charge >= 0.3 is 12.1 Å². The molecule has 0 N–H and O–H groups in total. The second kappa shape index (κ2) is 8.66. The van der Waals surface area contributed by atoms with Gasteiger partial charge in [-0.2, -0.15) is 0 Å². The minimum atomic E-state index is -0.998. The SMILES string of the molecule is CC(C)(C)OC(=O)N1CCC[C@H]1COC(=O)[C@]1(C)CCCN1C(=O)c1ccccc1. The second-order valence-electron chi connectivity index (χ2n) is 9.27. The smallest absolute Gasteiger partial charge is 0.410 e. The fraction of sp³-hybridized carbons (Fsp3) is 0.609. The Labute approximate surface area is 178 Å². The lowest BCUT2D eigenvalue weighted by Crippen LogP contribution is -2.52. The van der Waals surface area contributed by atoms with E-state index in [2.05, 4.69) is 0 Å². The number of nitrogens with zero attached hydrogens (tertiary/aromatic N) is 2. The highest BCUT2D eigenvalue weighted by molar-refractivity contribution is 5.98. The van der Waals surface area contributed by atoms with Crippen molar-refractivity contribution < 1.29 is 23.9 Å². The van der Waals surface area contributed by atoms with Gasteiger partial charge in [0.05, 0.1) is 6.04 Å². The number of carbonyl (C=O) groups excluding carboxylic acids is 3. The maximum atomic E-state index is 13.0. The highest BCUT2D eigenvalue weighted by Crippen LogP contribution is 2.32. The molecule has 0 aromatic heterocycles. The van der Waals surface area contributed by atoms with Crippen molar-refractivity contribution in [3.63, 3.8) is 0 Å². The van der Waals surface area contributed by atoms with Gasteiger partial charge in [-0.3, -0.25) is 4.79 Å². The molecule has 1 aromatic rings. The van der Waals surface area contributed by atoms with E-state index in [1.165, 1.54) is 0 Å². The summed E-state index contributed by atoms with van der Waals surface area (Å²) in [6.45, 7) is 8.48. The third kappa shape index (κ3) is 4.77. The van der Waals surface area contributed by atoms with E-state index in [9.17, 15) is 14.4 Å². The van der Waals surface area contributed by atoms with Gasteiger partial charge in [-0.05, 0) is 65.5 Å². The molecule has 0 radical (unpaired) electrons. The topological polar surface area (TPSA) is 76.2 Å². The second-order valence-corrected chi connectivity index (χ2v) is 9.27. The Hall–Kier alpha value is -2.57. The van der Waals surface area contributed by atoms with Crippen LogP contribution in [0.1, 0.15) is 63.7 Å². The van der Waals surface area contributed by atoms with E-state index in [0.717, 1.165) is 19.3 Å². The molecule has 2 amide bonds. The quantitative estimate of drug-likeness (QED) is 0.701. The highest BCUT2D eigenvalue weighted by Gasteiger charge is 2.47. The highest BCUT2D eigenvalue weighted by atomic mass is 16.6. The Morgan fingerprint density at radius 2 is 1.80 bits per heavy atom. The molecule has 2 fully saturated rings. The van der Waals surface area contributed by atoms with Crippen molar-refractivity contribution in [2.24, 2.45) is 0 Å². The summed E-state index contributed by atoms with van der Waals surface area (Å²) in [6.07, 6.45) is 2.53. The number of hydrogen-bond acceptors (Lipinski definition) is 5. The molecule has 2 heterocycles. The first-order chi connectivity index (χ1) is 14.1. The third-order valence-corrected chi connectivity index (χ3v) is 5.76. The number of esters is 1. The molecule has 0 aliphatic carbocycles. The van der Waals surface area contributed by atoms with Crippen LogP contribution in [0.5, 0.6) is 0 Å². The van der Waals surface area contributed by atoms with E-state index in [4.69, 9.17) is 9.47 Å². The number of hydrogen-bond donors (Lipinski definition) is 0. The monoisotopic (exact) mass is 416 g/mol. The predicted molar refractivity (Wildman–Crippen MR) is 112 cm³/mol. The van der Waals surface area contributed by atoms with Crippen LogP contribution in [0.4, 0.5) is 4.79 Å². The molecule has 1 aromatic carbocycles. The summed E-state index contributed by atoms with van der Waals surface area (Å²) in [7, 11) is 0. The number of ether oxygens (including phenoxy) is 2. The average Bonchev–Trinajstić information content (AvgIpc) is 3.32. The Balaban J connectivity index is 1.63. The van der Waals surface area contributed by atoms with Crippen molar-refractivity contribution >= 4 is 18.0 Å². The molecule has 2 atom stereocenters. The standard InChI is InChI=1S/C23H32N2O5/c1-22(2,3)30-21(28)24-14-8-12-18(24)16-29-20(27)23(4)13-9-15-25(23)19(26)17-10-6-5-7-11-17/h5-7,10-11,18H,8-9,12-16H2,1-4H3/t18-,23-/m0/s1. The zero-order valence-electron chi connectivity index (χ0n) is 18.3. The molecule has 0 bridgehead atoms. The van der Waals surface area contributed by atoms with E-state index >= 15 is 0 Å². The summed E-state index contributed by atoms with van der Waals surface area (Å²) in [5.41, 5.74) is -1.01.